The van der Waals surface area contributed by atoms with Gasteiger partial charge in [0.25, 0.3) is 0 Å². The number of nitrogens with zero attached hydrogens (tertiary/aromatic N) is 2. The summed E-state index contributed by atoms with van der Waals surface area (Å²) in [5.74, 6) is 0.863. The van der Waals surface area contributed by atoms with E-state index in [2.05, 4.69) is 53.3 Å². The zero-order chi connectivity index (χ0) is 19.0. The van der Waals surface area contributed by atoms with Gasteiger partial charge in [-0.05, 0) is 47.8 Å². The Balaban J connectivity index is 1.73. The molecule has 0 aromatic heterocycles. The summed E-state index contributed by atoms with van der Waals surface area (Å²) in [6.45, 7) is 4.63. The van der Waals surface area contributed by atoms with Gasteiger partial charge in [0.05, 0.1) is 11.4 Å². The summed E-state index contributed by atoms with van der Waals surface area (Å²) >= 11 is 3.61. The molecule has 1 aromatic rings. The van der Waals surface area contributed by atoms with Crippen LogP contribution in [0.3, 0.4) is 0 Å². The molecule has 1 aromatic carbocycles. The number of halogens is 1. The highest BCUT2D eigenvalue weighted by molar-refractivity contribution is 9.10. The first-order valence-electron chi connectivity index (χ1n) is 8.89. The number of guanidine groups is 1. The fraction of sp³-hybridized carbons (Fsp3) is 0.588. The number of anilines is 1. The van der Waals surface area contributed by atoms with E-state index in [9.17, 15) is 8.42 Å². The van der Waals surface area contributed by atoms with Crippen LogP contribution < -0.4 is 20.3 Å². The van der Waals surface area contributed by atoms with Crippen molar-refractivity contribution in [3.05, 3.63) is 28.7 Å². The smallest absolute Gasteiger partial charge is 0.211 e. The van der Waals surface area contributed by atoms with Crippen LogP contribution in [0.1, 0.15) is 19.8 Å². The number of aliphatic imine (C=N–C) groups is 1. The molecule has 1 atom stereocenters. The van der Waals surface area contributed by atoms with Gasteiger partial charge >= 0.3 is 0 Å². The quantitative estimate of drug-likeness (QED) is 0.320. The Kier molecular flexibility index (Phi) is 8.17. The summed E-state index contributed by atoms with van der Waals surface area (Å²) in [7, 11) is -1.37. The van der Waals surface area contributed by atoms with Crippen LogP contribution >= 0.6 is 15.9 Å². The summed E-state index contributed by atoms with van der Waals surface area (Å²) in [6, 6.07) is 8.58. The van der Waals surface area contributed by atoms with Gasteiger partial charge in [-0.25, -0.2) is 13.1 Å². The summed E-state index contributed by atoms with van der Waals surface area (Å²) < 4.78 is 26.4. The van der Waals surface area contributed by atoms with Gasteiger partial charge in [0.15, 0.2) is 5.96 Å². The van der Waals surface area contributed by atoms with Crippen molar-refractivity contribution >= 4 is 37.6 Å². The lowest BCUT2D eigenvalue weighted by molar-refractivity contribution is 0.579. The van der Waals surface area contributed by atoms with Crippen molar-refractivity contribution in [2.24, 2.45) is 4.99 Å². The minimum Gasteiger partial charge on any atom is -0.368 e. The van der Waals surface area contributed by atoms with E-state index < -0.39 is 10.0 Å². The van der Waals surface area contributed by atoms with Crippen molar-refractivity contribution in [1.29, 1.82) is 0 Å². The van der Waals surface area contributed by atoms with Crippen LogP contribution in [0.15, 0.2) is 33.7 Å². The lowest BCUT2D eigenvalue weighted by Crippen LogP contribution is -2.45. The van der Waals surface area contributed by atoms with Crippen molar-refractivity contribution in [1.82, 2.24) is 15.4 Å². The molecule has 3 N–H and O–H groups in total. The molecule has 7 nitrogen and oxygen atoms in total. The summed E-state index contributed by atoms with van der Waals surface area (Å²) in [4.78, 5) is 6.61. The Bertz CT molecular complexity index is 711. The average molecular weight is 446 g/mol. The molecule has 0 bridgehead atoms. The Morgan fingerprint density at radius 2 is 2.12 bits per heavy atom. The van der Waals surface area contributed by atoms with Gasteiger partial charge in [0, 0.05) is 43.7 Å². The molecule has 1 heterocycles. The largest absolute Gasteiger partial charge is 0.368 e. The predicted octanol–water partition coefficient (Wildman–Crippen LogP) is 1.52. The lowest BCUT2D eigenvalue weighted by atomic mass is 10.2. The molecule has 0 radical (unpaired) electrons. The van der Waals surface area contributed by atoms with Crippen LogP contribution in [-0.2, 0) is 10.0 Å². The molecular weight excluding hydrogens is 418 g/mol. The van der Waals surface area contributed by atoms with Crippen molar-refractivity contribution in [2.75, 3.05) is 43.9 Å². The fourth-order valence-corrected chi connectivity index (χ4v) is 4.01. The van der Waals surface area contributed by atoms with Gasteiger partial charge in [-0.3, -0.25) is 4.99 Å². The molecule has 1 unspecified atom stereocenters. The highest BCUT2D eigenvalue weighted by Gasteiger charge is 2.24. The van der Waals surface area contributed by atoms with Crippen molar-refractivity contribution in [2.45, 2.75) is 25.8 Å². The van der Waals surface area contributed by atoms with Crippen molar-refractivity contribution < 1.29 is 8.42 Å². The summed E-state index contributed by atoms with van der Waals surface area (Å²) in [5, 5.41) is 6.69. The van der Waals surface area contributed by atoms with Crippen LogP contribution in [0.25, 0.3) is 0 Å². The molecule has 0 amide bonds. The molecule has 1 aliphatic heterocycles. The van der Waals surface area contributed by atoms with Crippen molar-refractivity contribution in [3.8, 4) is 0 Å². The zero-order valence-electron chi connectivity index (χ0n) is 15.3. The second-order valence-corrected chi connectivity index (χ2v) is 9.13. The lowest BCUT2D eigenvalue weighted by Gasteiger charge is -2.21. The van der Waals surface area contributed by atoms with E-state index in [1.54, 1.807) is 14.0 Å². The molecule has 26 heavy (non-hydrogen) atoms. The van der Waals surface area contributed by atoms with E-state index in [4.69, 9.17) is 0 Å². The number of hydrogen-bond acceptors (Lipinski definition) is 4. The molecular formula is C17H28BrN5O2S. The SMILES string of the molecule is CCS(=O)(=O)NCCCNC(=NC)NC1CCN(c2ccccc2Br)C1. The molecule has 0 spiro atoms. The Labute approximate surface area is 164 Å². The molecule has 0 saturated carbocycles. The average Bonchev–Trinajstić information content (AvgIpc) is 3.09. The zero-order valence-corrected chi connectivity index (χ0v) is 17.7. The topological polar surface area (TPSA) is 85.8 Å². The van der Waals surface area contributed by atoms with Crippen molar-refractivity contribution in [3.63, 3.8) is 0 Å². The Morgan fingerprint density at radius 1 is 1.35 bits per heavy atom. The highest BCUT2D eigenvalue weighted by atomic mass is 79.9. The van der Waals surface area contributed by atoms with Gasteiger partial charge in [0.1, 0.15) is 0 Å². The van der Waals surface area contributed by atoms with Gasteiger partial charge in [-0.1, -0.05) is 12.1 Å². The Hall–Kier alpha value is -1.32. The Morgan fingerprint density at radius 3 is 2.81 bits per heavy atom. The van der Waals surface area contributed by atoms with E-state index in [1.807, 2.05) is 12.1 Å². The van der Waals surface area contributed by atoms with Gasteiger partial charge in [-0.15, -0.1) is 0 Å². The van der Waals surface area contributed by atoms with Crippen LogP contribution in [0.5, 0.6) is 0 Å². The van der Waals surface area contributed by atoms with Gasteiger partial charge < -0.3 is 15.5 Å². The summed E-state index contributed by atoms with van der Waals surface area (Å²) in [5.41, 5.74) is 1.21. The second kappa shape index (κ2) is 10.1. The molecule has 1 aliphatic rings. The third-order valence-electron chi connectivity index (χ3n) is 4.29. The second-order valence-electron chi connectivity index (χ2n) is 6.18. The number of sulfonamides is 1. The molecule has 2 rings (SSSR count). The first-order chi connectivity index (χ1) is 12.4. The van der Waals surface area contributed by atoms with Crippen LogP contribution in [-0.4, -0.2) is 59.4 Å². The standard InChI is InChI=1S/C17H28BrN5O2S/c1-3-26(24,25)21-11-6-10-20-17(19-2)22-14-9-12-23(13-14)16-8-5-4-7-15(16)18/h4-5,7-8,14,21H,3,6,9-13H2,1-2H3,(H2,19,20,22). The van der Waals surface area contributed by atoms with E-state index in [1.165, 1.54) is 5.69 Å². The van der Waals surface area contributed by atoms with Crippen LogP contribution in [0.2, 0.25) is 0 Å². The van der Waals surface area contributed by atoms with E-state index in [-0.39, 0.29) is 5.75 Å². The van der Waals surface area contributed by atoms with Gasteiger partial charge in [-0.2, -0.15) is 0 Å². The van der Waals surface area contributed by atoms with Crippen LogP contribution in [0.4, 0.5) is 5.69 Å². The molecule has 1 fully saturated rings. The maximum atomic E-state index is 11.4. The number of hydrogen-bond donors (Lipinski definition) is 3. The maximum Gasteiger partial charge on any atom is 0.211 e. The number of benzene rings is 1. The first kappa shape index (κ1) is 21.0. The molecule has 0 aliphatic carbocycles. The molecule has 9 heteroatoms. The van der Waals surface area contributed by atoms with E-state index in [0.29, 0.717) is 25.6 Å². The minimum absolute atomic E-state index is 0.110. The maximum absolute atomic E-state index is 11.4. The third kappa shape index (κ3) is 6.44. The van der Waals surface area contributed by atoms with E-state index >= 15 is 0 Å². The fourth-order valence-electron chi connectivity index (χ4n) is 2.82. The van der Waals surface area contributed by atoms with E-state index in [0.717, 1.165) is 29.9 Å². The number of nitrogens with one attached hydrogen (secondary N) is 3. The summed E-state index contributed by atoms with van der Waals surface area (Å²) in [6.07, 6.45) is 1.74. The minimum atomic E-state index is -3.11. The monoisotopic (exact) mass is 445 g/mol. The normalized spacial score (nSPS) is 18.2. The number of rotatable bonds is 8. The van der Waals surface area contributed by atoms with Crippen LogP contribution in [0, 0.1) is 0 Å². The number of para-hydroxylation sites is 1. The molecule has 146 valence electrons. The predicted molar refractivity (Wildman–Crippen MR) is 111 cm³/mol. The van der Waals surface area contributed by atoms with Gasteiger partial charge in [0.2, 0.25) is 10.0 Å². The highest BCUT2D eigenvalue weighted by Crippen LogP contribution is 2.28. The molecule has 1 saturated heterocycles. The first-order valence-corrected chi connectivity index (χ1v) is 11.3. The third-order valence-corrected chi connectivity index (χ3v) is 6.37.